The van der Waals surface area contributed by atoms with E-state index >= 15 is 0 Å². The molecule has 12 heavy (non-hydrogen) atoms. The molecule has 0 aromatic heterocycles. The van der Waals surface area contributed by atoms with E-state index < -0.39 is 0 Å². The van der Waals surface area contributed by atoms with Crippen LogP contribution in [0.3, 0.4) is 0 Å². The normalized spacial score (nSPS) is 43.0. The summed E-state index contributed by atoms with van der Waals surface area (Å²) in [6.45, 7) is 11.6. The smallest absolute Gasteiger partial charge is 0.0343 e. The molecule has 0 amide bonds. The van der Waals surface area contributed by atoms with Crippen molar-refractivity contribution in [2.45, 2.75) is 46.4 Å². The number of rotatable bonds is 1. The van der Waals surface area contributed by atoms with Gasteiger partial charge in [-0.2, -0.15) is 0 Å². The maximum atomic E-state index is 6.23. The fourth-order valence-corrected chi connectivity index (χ4v) is 3.69. The molecule has 1 saturated carbocycles. The van der Waals surface area contributed by atoms with Crippen LogP contribution in [0.2, 0.25) is 0 Å². The molecule has 0 aliphatic heterocycles. The highest BCUT2D eigenvalue weighted by Crippen LogP contribution is 2.52. The summed E-state index contributed by atoms with van der Waals surface area (Å²) in [5.41, 5.74) is 0.431. The van der Waals surface area contributed by atoms with Crippen LogP contribution in [0.5, 0.6) is 0 Å². The van der Waals surface area contributed by atoms with E-state index in [0.29, 0.717) is 16.7 Å². The average molecular weight is 189 g/mol. The third-order valence-electron chi connectivity index (χ3n) is 3.96. The monoisotopic (exact) mass is 188 g/mol. The molecule has 0 radical (unpaired) electrons. The lowest BCUT2D eigenvalue weighted by atomic mass is 9.73. The first-order valence-corrected chi connectivity index (χ1v) is 5.45. The molecular formula is C11H21Cl. The zero-order valence-electron chi connectivity index (χ0n) is 8.89. The highest BCUT2D eigenvalue weighted by molar-refractivity contribution is 6.20. The molecule has 1 aliphatic carbocycles. The lowest BCUT2D eigenvalue weighted by Crippen LogP contribution is -2.30. The summed E-state index contributed by atoms with van der Waals surface area (Å²) >= 11 is 6.23. The molecule has 1 aliphatic rings. The highest BCUT2D eigenvalue weighted by atomic mass is 35.5. The van der Waals surface area contributed by atoms with Crippen LogP contribution >= 0.6 is 11.6 Å². The Morgan fingerprint density at radius 1 is 1.33 bits per heavy atom. The van der Waals surface area contributed by atoms with Gasteiger partial charge in [-0.15, -0.1) is 11.6 Å². The minimum absolute atomic E-state index is 0.319. The second-order valence-electron chi connectivity index (χ2n) is 5.14. The fourth-order valence-electron chi connectivity index (χ4n) is 3.11. The van der Waals surface area contributed by atoms with Crippen molar-refractivity contribution >= 4 is 11.6 Å². The third-order valence-corrected chi connectivity index (χ3v) is 4.23. The quantitative estimate of drug-likeness (QED) is 0.547. The lowest BCUT2D eigenvalue weighted by molar-refractivity contribution is 0.180. The Morgan fingerprint density at radius 2 is 1.83 bits per heavy atom. The van der Waals surface area contributed by atoms with Gasteiger partial charge in [0.1, 0.15) is 0 Å². The van der Waals surface area contributed by atoms with Crippen LogP contribution in [0.25, 0.3) is 0 Å². The van der Waals surface area contributed by atoms with E-state index in [9.17, 15) is 0 Å². The van der Waals surface area contributed by atoms with Crippen molar-refractivity contribution in [3.63, 3.8) is 0 Å². The van der Waals surface area contributed by atoms with Gasteiger partial charge in [0, 0.05) is 5.38 Å². The summed E-state index contributed by atoms with van der Waals surface area (Å²) < 4.78 is 0. The Bertz CT molecular complexity index is 160. The molecule has 4 unspecified atom stereocenters. The zero-order valence-corrected chi connectivity index (χ0v) is 9.65. The minimum Gasteiger partial charge on any atom is -0.123 e. The standard InChI is InChI=1S/C11H21Cl/c1-7-6-8(2)11(4,5)10(7)9(3)12/h7-10H,6H2,1-5H3. The summed E-state index contributed by atoms with van der Waals surface area (Å²) in [4.78, 5) is 0. The Morgan fingerprint density at radius 3 is 2.00 bits per heavy atom. The van der Waals surface area contributed by atoms with E-state index in [-0.39, 0.29) is 0 Å². The molecule has 0 nitrogen and oxygen atoms in total. The van der Waals surface area contributed by atoms with E-state index in [0.717, 1.165) is 11.8 Å². The van der Waals surface area contributed by atoms with Gasteiger partial charge in [0.15, 0.2) is 0 Å². The molecule has 0 bridgehead atoms. The molecular weight excluding hydrogens is 168 g/mol. The number of hydrogen-bond acceptors (Lipinski definition) is 0. The fraction of sp³-hybridized carbons (Fsp3) is 1.00. The summed E-state index contributed by atoms with van der Waals surface area (Å²) in [6, 6.07) is 0. The average Bonchev–Trinajstić information content (AvgIpc) is 2.02. The van der Waals surface area contributed by atoms with Crippen molar-refractivity contribution in [2.75, 3.05) is 0 Å². The Hall–Kier alpha value is 0.290. The molecule has 1 rings (SSSR count). The van der Waals surface area contributed by atoms with E-state index in [1.807, 2.05) is 0 Å². The van der Waals surface area contributed by atoms with Crippen molar-refractivity contribution in [3.05, 3.63) is 0 Å². The minimum atomic E-state index is 0.319. The van der Waals surface area contributed by atoms with Gasteiger partial charge >= 0.3 is 0 Å². The van der Waals surface area contributed by atoms with Crippen LogP contribution in [0.15, 0.2) is 0 Å². The topological polar surface area (TPSA) is 0 Å². The van der Waals surface area contributed by atoms with Crippen LogP contribution in [0.1, 0.15) is 41.0 Å². The SMILES string of the molecule is CC(Cl)C1C(C)CC(C)C1(C)C. The first kappa shape index (κ1) is 10.4. The maximum absolute atomic E-state index is 6.23. The Kier molecular flexibility index (Phi) is 2.78. The van der Waals surface area contributed by atoms with Crippen molar-refractivity contribution in [3.8, 4) is 0 Å². The molecule has 0 spiro atoms. The van der Waals surface area contributed by atoms with Gasteiger partial charge in [0.25, 0.3) is 0 Å². The zero-order chi connectivity index (χ0) is 9.52. The number of alkyl halides is 1. The molecule has 0 aromatic carbocycles. The second kappa shape index (κ2) is 3.21. The van der Waals surface area contributed by atoms with Crippen LogP contribution in [-0.2, 0) is 0 Å². The molecule has 0 aromatic rings. The largest absolute Gasteiger partial charge is 0.123 e. The summed E-state index contributed by atoms with van der Waals surface area (Å²) in [7, 11) is 0. The Balaban J connectivity index is 2.83. The van der Waals surface area contributed by atoms with Gasteiger partial charge in [-0.05, 0) is 36.5 Å². The second-order valence-corrected chi connectivity index (χ2v) is 5.83. The van der Waals surface area contributed by atoms with Crippen molar-refractivity contribution < 1.29 is 0 Å². The molecule has 0 N–H and O–H groups in total. The number of halogens is 1. The van der Waals surface area contributed by atoms with E-state index in [4.69, 9.17) is 11.6 Å². The lowest BCUT2D eigenvalue weighted by Gasteiger charge is -2.34. The van der Waals surface area contributed by atoms with E-state index in [2.05, 4.69) is 34.6 Å². The predicted octanol–water partition coefficient (Wildman–Crippen LogP) is 3.93. The Labute approximate surface area is 81.7 Å². The van der Waals surface area contributed by atoms with E-state index in [1.165, 1.54) is 6.42 Å². The molecule has 72 valence electrons. The molecule has 4 atom stereocenters. The van der Waals surface area contributed by atoms with Gasteiger partial charge in [-0.3, -0.25) is 0 Å². The predicted molar refractivity (Wildman–Crippen MR) is 55.5 cm³/mol. The van der Waals surface area contributed by atoms with Crippen LogP contribution in [-0.4, -0.2) is 5.38 Å². The summed E-state index contributed by atoms with van der Waals surface area (Å²) in [6.07, 6.45) is 1.34. The van der Waals surface area contributed by atoms with Gasteiger partial charge < -0.3 is 0 Å². The van der Waals surface area contributed by atoms with Gasteiger partial charge in [0.05, 0.1) is 0 Å². The summed E-state index contributed by atoms with van der Waals surface area (Å²) in [5, 5.41) is 0.319. The maximum Gasteiger partial charge on any atom is 0.0343 e. The molecule has 1 heteroatoms. The molecule has 0 saturated heterocycles. The van der Waals surface area contributed by atoms with E-state index in [1.54, 1.807) is 0 Å². The first-order chi connectivity index (χ1) is 5.37. The van der Waals surface area contributed by atoms with Gasteiger partial charge in [-0.25, -0.2) is 0 Å². The van der Waals surface area contributed by atoms with Crippen LogP contribution in [0, 0.1) is 23.2 Å². The van der Waals surface area contributed by atoms with Gasteiger partial charge in [-0.1, -0.05) is 27.7 Å². The first-order valence-electron chi connectivity index (χ1n) is 5.01. The van der Waals surface area contributed by atoms with Crippen LogP contribution in [0.4, 0.5) is 0 Å². The van der Waals surface area contributed by atoms with Crippen molar-refractivity contribution in [2.24, 2.45) is 23.2 Å². The van der Waals surface area contributed by atoms with Gasteiger partial charge in [0.2, 0.25) is 0 Å². The molecule has 0 heterocycles. The van der Waals surface area contributed by atoms with Crippen molar-refractivity contribution in [1.82, 2.24) is 0 Å². The highest BCUT2D eigenvalue weighted by Gasteiger charge is 2.46. The molecule has 1 fully saturated rings. The number of hydrogen-bond donors (Lipinski definition) is 0. The van der Waals surface area contributed by atoms with Crippen molar-refractivity contribution in [1.29, 1.82) is 0 Å². The summed E-state index contributed by atoms with van der Waals surface area (Å²) in [5.74, 6) is 2.30. The van der Waals surface area contributed by atoms with Crippen LogP contribution < -0.4 is 0 Å². The third kappa shape index (κ3) is 1.51.